The number of rotatable bonds is 7. The van der Waals surface area contributed by atoms with Gasteiger partial charge >= 0.3 is 0 Å². The quantitative estimate of drug-likeness (QED) is 0.337. The zero-order chi connectivity index (χ0) is 15.9. The van der Waals surface area contributed by atoms with Crippen molar-refractivity contribution in [3.8, 4) is 0 Å². The maximum absolute atomic E-state index is 10.5. The summed E-state index contributed by atoms with van der Waals surface area (Å²) < 4.78 is 0. The van der Waals surface area contributed by atoms with Crippen LogP contribution >= 0.6 is 0 Å². The van der Waals surface area contributed by atoms with Crippen LogP contribution in [0.4, 0.5) is 11.4 Å². The molecule has 0 aromatic heterocycles. The lowest BCUT2D eigenvalue weighted by atomic mass is 10.2. The van der Waals surface area contributed by atoms with Crippen molar-refractivity contribution in [1.29, 1.82) is 0 Å². The van der Waals surface area contributed by atoms with E-state index >= 15 is 0 Å². The molecule has 22 heavy (non-hydrogen) atoms. The van der Waals surface area contributed by atoms with E-state index < -0.39 is 9.85 Å². The Labute approximate surface area is 125 Å². The van der Waals surface area contributed by atoms with E-state index in [-0.39, 0.29) is 24.6 Å². The molecule has 0 bridgehead atoms. The van der Waals surface area contributed by atoms with Gasteiger partial charge in [-0.1, -0.05) is 0 Å². The van der Waals surface area contributed by atoms with Crippen LogP contribution in [0.2, 0.25) is 0 Å². The number of benzene rings is 2. The van der Waals surface area contributed by atoms with Gasteiger partial charge in [0, 0.05) is 24.3 Å². The van der Waals surface area contributed by atoms with Gasteiger partial charge in [0.1, 0.15) is 13.2 Å². The summed E-state index contributed by atoms with van der Waals surface area (Å²) in [6.07, 6.45) is 0. The second kappa shape index (κ2) is 7.25. The number of nitro groups is 2. The molecule has 2 aromatic carbocycles. The molecule has 0 unspecified atom stereocenters. The number of nitrogens with zero attached hydrogens (tertiary/aromatic N) is 2. The summed E-state index contributed by atoms with van der Waals surface area (Å²) in [5.74, 6) is 0. The standard InChI is InChI=1S/C14H12N2O6/c17-15(18)13-5-1-11(2-6-13)9-21-22-10-12-3-7-14(8-4-12)16(19)20/h1-8H,9-10H2. The van der Waals surface area contributed by atoms with Crippen LogP contribution < -0.4 is 0 Å². The predicted octanol–water partition coefficient (Wildman–Crippen LogP) is 3.15. The second-order valence-electron chi connectivity index (χ2n) is 4.37. The summed E-state index contributed by atoms with van der Waals surface area (Å²) in [6.45, 7) is 0.288. The third kappa shape index (κ3) is 4.33. The van der Waals surface area contributed by atoms with Crippen molar-refractivity contribution in [2.45, 2.75) is 13.2 Å². The van der Waals surface area contributed by atoms with Crippen molar-refractivity contribution >= 4 is 11.4 Å². The first-order valence-electron chi connectivity index (χ1n) is 6.27. The van der Waals surface area contributed by atoms with E-state index in [1.807, 2.05) is 0 Å². The SMILES string of the molecule is O=[N+]([O-])c1ccc(COOCc2ccc([N+](=O)[O-])cc2)cc1. The van der Waals surface area contributed by atoms with Crippen molar-refractivity contribution in [2.75, 3.05) is 0 Å². The molecule has 0 spiro atoms. The Morgan fingerprint density at radius 3 is 1.27 bits per heavy atom. The van der Waals surface area contributed by atoms with Gasteiger partial charge in [-0.2, -0.15) is 0 Å². The van der Waals surface area contributed by atoms with E-state index in [1.165, 1.54) is 24.3 Å². The Morgan fingerprint density at radius 1 is 0.682 bits per heavy atom. The van der Waals surface area contributed by atoms with Gasteiger partial charge in [0.2, 0.25) is 0 Å². The number of nitro benzene ring substituents is 2. The maximum atomic E-state index is 10.5. The highest BCUT2D eigenvalue weighted by Crippen LogP contribution is 2.14. The predicted molar refractivity (Wildman–Crippen MR) is 75.8 cm³/mol. The van der Waals surface area contributed by atoms with Crippen LogP contribution in [0.1, 0.15) is 11.1 Å². The Morgan fingerprint density at radius 2 is 1.00 bits per heavy atom. The average Bonchev–Trinajstić information content (AvgIpc) is 2.52. The molecule has 0 saturated carbocycles. The molecule has 0 saturated heterocycles. The lowest BCUT2D eigenvalue weighted by molar-refractivity contribution is -0.385. The molecule has 8 nitrogen and oxygen atoms in total. The zero-order valence-corrected chi connectivity index (χ0v) is 11.4. The van der Waals surface area contributed by atoms with Gasteiger partial charge < -0.3 is 0 Å². The molecule has 0 N–H and O–H groups in total. The summed E-state index contributed by atoms with van der Waals surface area (Å²) in [6, 6.07) is 11.8. The minimum Gasteiger partial charge on any atom is -0.258 e. The maximum Gasteiger partial charge on any atom is 0.269 e. The molecule has 2 aromatic rings. The normalized spacial score (nSPS) is 10.4. The first-order valence-corrected chi connectivity index (χ1v) is 6.27. The molecule has 0 radical (unpaired) electrons. The number of hydrogen-bond acceptors (Lipinski definition) is 6. The topological polar surface area (TPSA) is 105 Å². The van der Waals surface area contributed by atoms with Gasteiger partial charge in [-0.05, 0) is 35.4 Å². The molecule has 0 heterocycles. The molecule has 8 heteroatoms. The molecule has 0 aliphatic carbocycles. The highest BCUT2D eigenvalue weighted by molar-refractivity contribution is 5.33. The van der Waals surface area contributed by atoms with Crippen molar-refractivity contribution in [3.05, 3.63) is 79.9 Å². The third-order valence-electron chi connectivity index (χ3n) is 2.83. The first kappa shape index (κ1) is 15.5. The fraction of sp³-hybridized carbons (Fsp3) is 0.143. The molecule has 0 amide bonds. The van der Waals surface area contributed by atoms with Gasteiger partial charge in [-0.3, -0.25) is 20.2 Å². The van der Waals surface area contributed by atoms with Crippen LogP contribution in [0.15, 0.2) is 48.5 Å². The molecular weight excluding hydrogens is 292 g/mol. The molecule has 0 aliphatic rings. The lowest BCUT2D eigenvalue weighted by Gasteiger charge is -2.04. The van der Waals surface area contributed by atoms with Crippen molar-refractivity contribution in [1.82, 2.24) is 0 Å². The third-order valence-corrected chi connectivity index (χ3v) is 2.83. The number of non-ortho nitro benzene ring substituents is 2. The first-order chi connectivity index (χ1) is 10.6. The number of hydrogen-bond donors (Lipinski definition) is 0. The summed E-state index contributed by atoms with van der Waals surface area (Å²) >= 11 is 0. The van der Waals surface area contributed by atoms with Crippen molar-refractivity contribution in [2.24, 2.45) is 0 Å². The summed E-state index contributed by atoms with van der Waals surface area (Å²) in [5.41, 5.74) is 1.48. The lowest BCUT2D eigenvalue weighted by Crippen LogP contribution is -1.97. The summed E-state index contributed by atoms with van der Waals surface area (Å²) in [5, 5.41) is 21.0. The Hall–Kier alpha value is -2.84. The van der Waals surface area contributed by atoms with E-state index in [0.717, 1.165) is 11.1 Å². The Kier molecular flexibility index (Phi) is 5.12. The Bertz CT molecular complexity index is 595. The highest BCUT2D eigenvalue weighted by atomic mass is 17.2. The van der Waals surface area contributed by atoms with E-state index in [0.29, 0.717) is 0 Å². The van der Waals surface area contributed by atoms with Gasteiger partial charge in [0.15, 0.2) is 0 Å². The van der Waals surface area contributed by atoms with Gasteiger partial charge in [0.05, 0.1) is 9.85 Å². The Balaban J connectivity index is 1.77. The minimum absolute atomic E-state index is 0.00977. The van der Waals surface area contributed by atoms with E-state index in [2.05, 4.69) is 0 Å². The van der Waals surface area contributed by atoms with Crippen LogP contribution in [0.5, 0.6) is 0 Å². The van der Waals surface area contributed by atoms with E-state index in [1.54, 1.807) is 24.3 Å². The van der Waals surface area contributed by atoms with Crippen LogP contribution in [0, 0.1) is 20.2 Å². The average molecular weight is 304 g/mol. The molecule has 0 atom stereocenters. The molecular formula is C14H12N2O6. The fourth-order valence-electron chi connectivity index (χ4n) is 1.65. The van der Waals surface area contributed by atoms with Crippen LogP contribution in [-0.2, 0) is 23.0 Å². The minimum atomic E-state index is -0.476. The molecule has 0 fully saturated rings. The summed E-state index contributed by atoms with van der Waals surface area (Å²) in [4.78, 5) is 30.0. The zero-order valence-electron chi connectivity index (χ0n) is 11.4. The fourth-order valence-corrected chi connectivity index (χ4v) is 1.65. The largest absolute Gasteiger partial charge is 0.269 e. The van der Waals surface area contributed by atoms with Crippen molar-refractivity contribution in [3.63, 3.8) is 0 Å². The molecule has 114 valence electrons. The van der Waals surface area contributed by atoms with Crippen LogP contribution in [0.3, 0.4) is 0 Å². The van der Waals surface area contributed by atoms with Gasteiger partial charge in [0.25, 0.3) is 11.4 Å². The van der Waals surface area contributed by atoms with Crippen LogP contribution in [-0.4, -0.2) is 9.85 Å². The highest BCUT2D eigenvalue weighted by Gasteiger charge is 2.05. The molecule has 0 aliphatic heterocycles. The molecule has 2 rings (SSSR count). The van der Waals surface area contributed by atoms with Gasteiger partial charge in [-0.25, -0.2) is 9.78 Å². The smallest absolute Gasteiger partial charge is 0.258 e. The van der Waals surface area contributed by atoms with Gasteiger partial charge in [-0.15, -0.1) is 0 Å². The van der Waals surface area contributed by atoms with Crippen molar-refractivity contribution < 1.29 is 19.6 Å². The monoisotopic (exact) mass is 304 g/mol. The van der Waals surface area contributed by atoms with Crippen LogP contribution in [0.25, 0.3) is 0 Å². The summed E-state index contributed by atoms with van der Waals surface area (Å²) in [7, 11) is 0. The van der Waals surface area contributed by atoms with E-state index in [9.17, 15) is 20.2 Å². The van der Waals surface area contributed by atoms with E-state index in [4.69, 9.17) is 9.78 Å². The second-order valence-corrected chi connectivity index (χ2v) is 4.37.